The Morgan fingerprint density at radius 1 is 1.61 bits per heavy atom. The van der Waals surface area contributed by atoms with Gasteiger partial charge in [0.2, 0.25) is 0 Å². The number of carbonyl (C=O) groups excluding carboxylic acids is 2. The molecule has 0 saturated carbocycles. The molecular weight excluding hydrogens is 256 g/mol. The van der Waals surface area contributed by atoms with E-state index in [4.69, 9.17) is 9.84 Å². The van der Waals surface area contributed by atoms with Gasteiger partial charge in [-0.25, -0.2) is 9.59 Å². The third-order valence-electron chi connectivity index (χ3n) is 2.35. The Morgan fingerprint density at radius 3 is 2.94 bits per heavy atom. The van der Waals surface area contributed by atoms with Crippen LogP contribution in [0, 0.1) is 0 Å². The molecule has 1 atom stereocenters. The molecule has 0 saturated heterocycles. The molecule has 0 fully saturated rings. The lowest BCUT2D eigenvalue weighted by Crippen LogP contribution is -2.44. The van der Waals surface area contributed by atoms with E-state index in [2.05, 4.69) is 10.6 Å². The number of carbonyl (C=O) groups is 2. The Hall–Kier alpha value is -1.21. The average Bonchev–Trinajstić information content (AvgIpc) is 2.36. The van der Waals surface area contributed by atoms with Crippen LogP contribution in [-0.2, 0) is 9.53 Å². The highest BCUT2D eigenvalue weighted by Crippen LogP contribution is 2.17. The highest BCUT2D eigenvalue weighted by molar-refractivity contribution is 8.00. The smallest absolute Gasteiger partial charge is 0.337 e. The lowest BCUT2D eigenvalue weighted by molar-refractivity contribution is -0.138. The maximum absolute atomic E-state index is 11.7. The van der Waals surface area contributed by atoms with Crippen LogP contribution >= 0.6 is 11.8 Å². The summed E-state index contributed by atoms with van der Waals surface area (Å²) in [5, 5.41) is 14.1. The fourth-order valence-electron chi connectivity index (χ4n) is 1.35. The van der Waals surface area contributed by atoms with Gasteiger partial charge < -0.3 is 20.5 Å². The molecule has 1 unspecified atom stereocenters. The molecule has 1 aliphatic heterocycles. The third-order valence-corrected chi connectivity index (χ3v) is 3.52. The van der Waals surface area contributed by atoms with Crippen LogP contribution in [0.2, 0.25) is 0 Å². The van der Waals surface area contributed by atoms with Crippen molar-refractivity contribution in [1.29, 1.82) is 0 Å². The molecule has 0 aromatic heterocycles. The largest absolute Gasteiger partial charge is 0.463 e. The molecule has 2 amide bonds. The SMILES string of the molecule is CCOC(=O)C1=C(CSC(C)CO)NC(=O)NC1. The summed E-state index contributed by atoms with van der Waals surface area (Å²) >= 11 is 1.47. The number of ether oxygens (including phenoxy) is 1. The predicted octanol–water partition coefficient (Wildman–Crippen LogP) is 0.230. The fraction of sp³-hybridized carbons (Fsp3) is 0.636. The maximum atomic E-state index is 11.7. The highest BCUT2D eigenvalue weighted by atomic mass is 32.2. The Kier molecular flexibility index (Phi) is 6.00. The third kappa shape index (κ3) is 4.23. The van der Waals surface area contributed by atoms with Crippen LogP contribution in [0.4, 0.5) is 4.79 Å². The molecule has 18 heavy (non-hydrogen) atoms. The number of amides is 2. The van der Waals surface area contributed by atoms with Crippen molar-refractivity contribution in [3.8, 4) is 0 Å². The monoisotopic (exact) mass is 274 g/mol. The van der Waals surface area contributed by atoms with Crippen molar-refractivity contribution in [2.24, 2.45) is 0 Å². The summed E-state index contributed by atoms with van der Waals surface area (Å²) < 4.78 is 4.93. The zero-order valence-electron chi connectivity index (χ0n) is 10.5. The quantitative estimate of drug-likeness (QED) is 0.604. The summed E-state index contributed by atoms with van der Waals surface area (Å²) in [7, 11) is 0. The summed E-state index contributed by atoms with van der Waals surface area (Å²) in [4.78, 5) is 22.9. The van der Waals surface area contributed by atoms with E-state index in [-0.39, 0.29) is 24.4 Å². The Labute approximate surface area is 110 Å². The first-order valence-corrected chi connectivity index (χ1v) is 6.79. The summed E-state index contributed by atoms with van der Waals surface area (Å²) in [6.07, 6.45) is 0. The molecule has 7 heteroatoms. The van der Waals surface area contributed by atoms with Crippen molar-refractivity contribution >= 4 is 23.8 Å². The molecule has 1 aliphatic rings. The molecule has 0 aromatic carbocycles. The molecule has 0 radical (unpaired) electrons. The van der Waals surface area contributed by atoms with E-state index in [1.807, 2.05) is 6.92 Å². The lowest BCUT2D eigenvalue weighted by Gasteiger charge is -2.21. The number of aliphatic hydroxyl groups excluding tert-OH is 1. The average molecular weight is 274 g/mol. The van der Waals surface area contributed by atoms with Gasteiger partial charge in [0, 0.05) is 16.7 Å². The van der Waals surface area contributed by atoms with Crippen LogP contribution in [0.3, 0.4) is 0 Å². The number of thioether (sulfide) groups is 1. The van der Waals surface area contributed by atoms with Gasteiger partial charge in [-0.3, -0.25) is 0 Å². The summed E-state index contributed by atoms with van der Waals surface area (Å²) in [5.41, 5.74) is 0.997. The molecular formula is C11H18N2O4S. The first-order chi connectivity index (χ1) is 8.58. The van der Waals surface area contributed by atoms with Crippen LogP contribution < -0.4 is 10.6 Å². The van der Waals surface area contributed by atoms with Crippen molar-refractivity contribution in [2.45, 2.75) is 19.1 Å². The van der Waals surface area contributed by atoms with Gasteiger partial charge in [0.25, 0.3) is 0 Å². The van der Waals surface area contributed by atoms with Crippen LogP contribution in [0.15, 0.2) is 11.3 Å². The number of rotatable bonds is 6. The van der Waals surface area contributed by atoms with Crippen LogP contribution in [0.1, 0.15) is 13.8 Å². The predicted molar refractivity (Wildman–Crippen MR) is 69.2 cm³/mol. The minimum absolute atomic E-state index is 0.0488. The topological polar surface area (TPSA) is 87.7 Å². The van der Waals surface area contributed by atoms with E-state index >= 15 is 0 Å². The number of esters is 1. The molecule has 1 rings (SSSR count). The number of hydrogen-bond donors (Lipinski definition) is 3. The number of aliphatic hydroxyl groups is 1. The number of hydrogen-bond acceptors (Lipinski definition) is 5. The normalized spacial score (nSPS) is 16.9. The van der Waals surface area contributed by atoms with Gasteiger partial charge in [-0.15, -0.1) is 0 Å². The zero-order valence-corrected chi connectivity index (χ0v) is 11.3. The Balaban J connectivity index is 2.75. The molecule has 0 spiro atoms. The van der Waals surface area contributed by atoms with Gasteiger partial charge in [0.05, 0.1) is 25.3 Å². The van der Waals surface area contributed by atoms with Crippen LogP contribution in [0.25, 0.3) is 0 Å². The molecule has 3 N–H and O–H groups in total. The minimum atomic E-state index is -0.419. The van der Waals surface area contributed by atoms with Gasteiger partial charge in [0.15, 0.2) is 0 Å². The van der Waals surface area contributed by atoms with Crippen LogP contribution in [0.5, 0.6) is 0 Å². The Morgan fingerprint density at radius 2 is 2.33 bits per heavy atom. The highest BCUT2D eigenvalue weighted by Gasteiger charge is 2.23. The van der Waals surface area contributed by atoms with E-state index in [1.165, 1.54) is 11.8 Å². The van der Waals surface area contributed by atoms with E-state index in [9.17, 15) is 9.59 Å². The second-order valence-electron chi connectivity index (χ2n) is 3.79. The van der Waals surface area contributed by atoms with Gasteiger partial charge in [-0.1, -0.05) is 6.92 Å². The second-order valence-corrected chi connectivity index (χ2v) is 5.22. The molecule has 1 heterocycles. The number of urea groups is 1. The minimum Gasteiger partial charge on any atom is -0.463 e. The van der Waals surface area contributed by atoms with E-state index in [1.54, 1.807) is 6.92 Å². The molecule has 0 bridgehead atoms. The zero-order chi connectivity index (χ0) is 13.5. The molecule has 0 aliphatic carbocycles. The van der Waals surface area contributed by atoms with Gasteiger partial charge >= 0.3 is 12.0 Å². The van der Waals surface area contributed by atoms with E-state index < -0.39 is 5.97 Å². The molecule has 6 nitrogen and oxygen atoms in total. The van der Waals surface area contributed by atoms with E-state index in [0.29, 0.717) is 23.6 Å². The maximum Gasteiger partial charge on any atom is 0.337 e. The van der Waals surface area contributed by atoms with Crippen molar-refractivity contribution in [2.75, 3.05) is 25.5 Å². The summed E-state index contributed by atoms with van der Waals surface area (Å²) in [5.74, 6) is 0.0424. The molecule has 0 aromatic rings. The van der Waals surface area contributed by atoms with Crippen molar-refractivity contribution < 1.29 is 19.4 Å². The summed E-state index contributed by atoms with van der Waals surface area (Å²) in [6.45, 7) is 4.13. The fourth-order valence-corrected chi connectivity index (χ4v) is 2.15. The standard InChI is InChI=1S/C11H18N2O4S/c1-3-17-10(15)8-4-12-11(16)13-9(8)6-18-7(2)5-14/h7,14H,3-6H2,1-2H3,(H2,12,13,16). The summed E-state index contributed by atoms with van der Waals surface area (Å²) in [6, 6.07) is -0.324. The van der Waals surface area contributed by atoms with Crippen molar-refractivity contribution in [3.05, 3.63) is 11.3 Å². The van der Waals surface area contributed by atoms with Gasteiger partial charge in [0.1, 0.15) is 0 Å². The van der Waals surface area contributed by atoms with Crippen molar-refractivity contribution in [3.63, 3.8) is 0 Å². The molecule has 102 valence electrons. The first kappa shape index (κ1) is 14.8. The second kappa shape index (κ2) is 7.27. The van der Waals surface area contributed by atoms with Crippen molar-refractivity contribution in [1.82, 2.24) is 10.6 Å². The lowest BCUT2D eigenvalue weighted by atomic mass is 10.2. The van der Waals surface area contributed by atoms with E-state index in [0.717, 1.165) is 0 Å². The number of nitrogens with one attached hydrogen (secondary N) is 2. The van der Waals surface area contributed by atoms with Gasteiger partial charge in [-0.2, -0.15) is 11.8 Å². The first-order valence-electron chi connectivity index (χ1n) is 5.75. The Bertz CT molecular complexity index is 357. The van der Waals surface area contributed by atoms with Crippen LogP contribution in [-0.4, -0.2) is 47.9 Å². The van der Waals surface area contributed by atoms with Gasteiger partial charge in [-0.05, 0) is 6.92 Å².